The van der Waals surface area contributed by atoms with Crippen molar-refractivity contribution in [2.45, 2.75) is 46.1 Å². The van der Waals surface area contributed by atoms with Gasteiger partial charge in [-0.25, -0.2) is 9.97 Å². The number of halogens is 1. The second kappa shape index (κ2) is 7.19. The summed E-state index contributed by atoms with van der Waals surface area (Å²) in [5.41, 5.74) is 0.928. The molecule has 0 aliphatic rings. The van der Waals surface area contributed by atoms with Crippen LogP contribution in [-0.2, 0) is 0 Å². The minimum atomic E-state index is 0.283. The lowest BCUT2D eigenvalue weighted by molar-refractivity contribution is 0.742. The van der Waals surface area contributed by atoms with Gasteiger partial charge in [-0.2, -0.15) is 11.8 Å². The van der Waals surface area contributed by atoms with Crippen molar-refractivity contribution >= 4 is 29.2 Å². The third kappa shape index (κ3) is 4.32. The van der Waals surface area contributed by atoms with Gasteiger partial charge in [-0.3, -0.25) is 0 Å². The van der Waals surface area contributed by atoms with Crippen molar-refractivity contribution in [1.82, 2.24) is 9.97 Å². The maximum Gasteiger partial charge on any atom is 0.137 e. The predicted molar refractivity (Wildman–Crippen MR) is 82.0 cm³/mol. The standard InChI is InChI=1S/C13H22ClN3S/c1-8(2)12-16-11(14)10(4)13(17-12)15-9(3)6-7-18-5/h8-9H,6-7H2,1-5H3,(H,15,16,17). The molecule has 1 aromatic rings. The number of hydrogen-bond donors (Lipinski definition) is 1. The Balaban J connectivity index is 2.86. The molecule has 0 saturated heterocycles. The lowest BCUT2D eigenvalue weighted by Gasteiger charge is -2.17. The topological polar surface area (TPSA) is 37.8 Å². The van der Waals surface area contributed by atoms with Gasteiger partial charge in [0.1, 0.15) is 16.8 Å². The minimum absolute atomic E-state index is 0.283. The Hall–Kier alpha value is -0.480. The first kappa shape index (κ1) is 15.6. The molecule has 0 aliphatic heterocycles. The van der Waals surface area contributed by atoms with E-state index in [2.05, 4.69) is 42.3 Å². The molecule has 1 rings (SSSR count). The summed E-state index contributed by atoms with van der Waals surface area (Å²) in [5.74, 6) is 3.09. The maximum atomic E-state index is 6.16. The molecule has 0 aliphatic carbocycles. The summed E-state index contributed by atoms with van der Waals surface area (Å²) >= 11 is 8.01. The largest absolute Gasteiger partial charge is 0.367 e. The van der Waals surface area contributed by atoms with Crippen LogP contribution in [0.4, 0.5) is 5.82 Å². The molecule has 1 aromatic heterocycles. The molecule has 5 heteroatoms. The van der Waals surface area contributed by atoms with Crippen molar-refractivity contribution in [3.8, 4) is 0 Å². The van der Waals surface area contributed by atoms with Gasteiger partial charge in [0.05, 0.1) is 0 Å². The van der Waals surface area contributed by atoms with Gasteiger partial charge in [0, 0.05) is 17.5 Å². The Kier molecular flexibility index (Phi) is 6.22. The van der Waals surface area contributed by atoms with Crippen molar-refractivity contribution in [1.29, 1.82) is 0 Å². The van der Waals surface area contributed by atoms with Gasteiger partial charge in [-0.15, -0.1) is 0 Å². The summed E-state index contributed by atoms with van der Waals surface area (Å²) in [5, 5.41) is 3.98. The van der Waals surface area contributed by atoms with Crippen LogP contribution < -0.4 is 5.32 Å². The highest BCUT2D eigenvalue weighted by Crippen LogP contribution is 2.23. The van der Waals surface area contributed by atoms with Crippen molar-refractivity contribution in [2.75, 3.05) is 17.3 Å². The maximum absolute atomic E-state index is 6.16. The number of aromatic nitrogens is 2. The van der Waals surface area contributed by atoms with Gasteiger partial charge in [0.25, 0.3) is 0 Å². The van der Waals surface area contributed by atoms with Gasteiger partial charge in [0.15, 0.2) is 0 Å². The van der Waals surface area contributed by atoms with E-state index in [9.17, 15) is 0 Å². The zero-order valence-corrected chi connectivity index (χ0v) is 13.3. The van der Waals surface area contributed by atoms with Crippen molar-refractivity contribution in [3.05, 3.63) is 16.5 Å². The minimum Gasteiger partial charge on any atom is -0.367 e. The van der Waals surface area contributed by atoms with E-state index in [1.54, 1.807) is 0 Å². The fourth-order valence-corrected chi connectivity index (χ4v) is 2.27. The molecule has 18 heavy (non-hydrogen) atoms. The van der Waals surface area contributed by atoms with Gasteiger partial charge in [-0.05, 0) is 32.3 Å². The average Bonchev–Trinajstić information content (AvgIpc) is 2.31. The SMILES string of the molecule is CSCCC(C)Nc1nc(C(C)C)nc(Cl)c1C. The fourth-order valence-electron chi connectivity index (χ4n) is 1.50. The van der Waals surface area contributed by atoms with E-state index in [0.29, 0.717) is 11.2 Å². The quantitative estimate of drug-likeness (QED) is 0.799. The van der Waals surface area contributed by atoms with Crippen molar-refractivity contribution in [3.63, 3.8) is 0 Å². The van der Waals surface area contributed by atoms with E-state index in [4.69, 9.17) is 11.6 Å². The van der Waals surface area contributed by atoms with Crippen LogP contribution in [0.1, 0.15) is 44.5 Å². The van der Waals surface area contributed by atoms with E-state index in [1.165, 1.54) is 0 Å². The van der Waals surface area contributed by atoms with Crippen molar-refractivity contribution in [2.24, 2.45) is 0 Å². The highest BCUT2D eigenvalue weighted by molar-refractivity contribution is 7.98. The van der Waals surface area contributed by atoms with Gasteiger partial charge < -0.3 is 5.32 Å². The molecule has 1 N–H and O–H groups in total. The Morgan fingerprint density at radius 1 is 1.28 bits per heavy atom. The Morgan fingerprint density at radius 3 is 2.50 bits per heavy atom. The van der Waals surface area contributed by atoms with Gasteiger partial charge >= 0.3 is 0 Å². The van der Waals surface area contributed by atoms with E-state index < -0.39 is 0 Å². The molecule has 0 radical (unpaired) electrons. The zero-order valence-electron chi connectivity index (χ0n) is 11.7. The second-order valence-corrected chi connectivity index (χ2v) is 6.17. The fraction of sp³-hybridized carbons (Fsp3) is 0.692. The van der Waals surface area contributed by atoms with E-state index >= 15 is 0 Å². The summed E-state index contributed by atoms with van der Waals surface area (Å²) < 4.78 is 0. The number of nitrogens with zero attached hydrogens (tertiary/aromatic N) is 2. The van der Waals surface area contributed by atoms with Crippen LogP contribution in [0.5, 0.6) is 0 Å². The molecule has 0 fully saturated rings. The molecule has 0 spiro atoms. The summed E-state index contributed by atoms with van der Waals surface area (Å²) in [6, 6.07) is 0.391. The molecular weight excluding hydrogens is 266 g/mol. The summed E-state index contributed by atoms with van der Waals surface area (Å²) in [7, 11) is 0. The summed E-state index contributed by atoms with van der Waals surface area (Å²) in [4.78, 5) is 8.88. The number of hydrogen-bond acceptors (Lipinski definition) is 4. The lowest BCUT2D eigenvalue weighted by Crippen LogP contribution is -2.19. The molecule has 1 unspecified atom stereocenters. The number of thioether (sulfide) groups is 1. The predicted octanol–water partition coefficient (Wildman–Crippen LogP) is 4.12. The monoisotopic (exact) mass is 287 g/mol. The molecule has 1 atom stereocenters. The smallest absolute Gasteiger partial charge is 0.137 e. The molecular formula is C13H22ClN3S. The molecule has 0 saturated carbocycles. The molecule has 0 bridgehead atoms. The first-order valence-corrected chi connectivity index (χ1v) is 8.02. The van der Waals surface area contributed by atoms with Gasteiger partial charge in [-0.1, -0.05) is 25.4 Å². The van der Waals surface area contributed by atoms with Crippen LogP contribution in [0.2, 0.25) is 5.15 Å². The Labute approximate surface area is 119 Å². The Bertz CT molecular complexity index is 396. The highest BCUT2D eigenvalue weighted by atomic mass is 35.5. The van der Waals surface area contributed by atoms with E-state index in [0.717, 1.165) is 29.4 Å². The normalized spacial score (nSPS) is 12.8. The average molecular weight is 288 g/mol. The molecule has 102 valence electrons. The van der Waals surface area contributed by atoms with Crippen LogP contribution in [-0.4, -0.2) is 28.0 Å². The summed E-state index contributed by atoms with van der Waals surface area (Å²) in [6.45, 7) is 8.26. The molecule has 3 nitrogen and oxygen atoms in total. The first-order chi connectivity index (χ1) is 8.45. The first-order valence-electron chi connectivity index (χ1n) is 6.25. The molecule has 0 amide bonds. The van der Waals surface area contributed by atoms with Crippen LogP contribution in [0.3, 0.4) is 0 Å². The van der Waals surface area contributed by atoms with E-state index in [1.807, 2.05) is 18.7 Å². The second-order valence-electron chi connectivity index (χ2n) is 4.83. The van der Waals surface area contributed by atoms with E-state index in [-0.39, 0.29) is 5.92 Å². The number of nitrogens with one attached hydrogen (secondary N) is 1. The van der Waals surface area contributed by atoms with Crippen LogP contribution >= 0.6 is 23.4 Å². The third-order valence-corrected chi connectivity index (χ3v) is 3.77. The summed E-state index contributed by atoms with van der Waals surface area (Å²) in [6.07, 6.45) is 3.23. The van der Waals surface area contributed by atoms with Crippen LogP contribution in [0.15, 0.2) is 0 Å². The Morgan fingerprint density at radius 2 is 1.94 bits per heavy atom. The number of anilines is 1. The molecule has 1 heterocycles. The lowest BCUT2D eigenvalue weighted by atomic mass is 10.2. The van der Waals surface area contributed by atoms with Crippen LogP contribution in [0, 0.1) is 6.92 Å². The van der Waals surface area contributed by atoms with Crippen molar-refractivity contribution < 1.29 is 0 Å². The number of rotatable bonds is 6. The molecule has 0 aromatic carbocycles. The van der Waals surface area contributed by atoms with Crippen LogP contribution in [0.25, 0.3) is 0 Å². The third-order valence-electron chi connectivity index (χ3n) is 2.76. The zero-order chi connectivity index (χ0) is 13.7. The van der Waals surface area contributed by atoms with Gasteiger partial charge in [0.2, 0.25) is 0 Å². The highest BCUT2D eigenvalue weighted by Gasteiger charge is 2.13.